The number of pyridine rings is 2. The predicted molar refractivity (Wildman–Crippen MR) is 84.7 cm³/mol. The number of hydrogen-bond donors (Lipinski definition) is 2. The Balaban J connectivity index is 2.30. The normalized spacial score (nSPS) is 14.3. The number of halogens is 1. The number of thioether (sulfide) groups is 1. The lowest BCUT2D eigenvalue weighted by atomic mass is 10.2. The van der Waals surface area contributed by atoms with Gasteiger partial charge in [0.25, 0.3) is 0 Å². The highest BCUT2D eigenvalue weighted by molar-refractivity contribution is 9.10. The van der Waals surface area contributed by atoms with E-state index in [0.29, 0.717) is 0 Å². The summed E-state index contributed by atoms with van der Waals surface area (Å²) in [5.74, 6) is 0. The van der Waals surface area contributed by atoms with Gasteiger partial charge in [0, 0.05) is 28.2 Å². The quantitative estimate of drug-likeness (QED) is 0.875. The summed E-state index contributed by atoms with van der Waals surface area (Å²) >= 11 is 5.04. The fraction of sp³-hybridized carbons (Fsp3) is 0.385. The van der Waals surface area contributed by atoms with E-state index in [-0.39, 0.29) is 17.9 Å². The summed E-state index contributed by atoms with van der Waals surface area (Å²) in [6, 6.07) is 4.00. The molecule has 2 N–H and O–H groups in total. The van der Waals surface area contributed by atoms with Gasteiger partial charge < -0.3 is 10.4 Å². The summed E-state index contributed by atoms with van der Waals surface area (Å²) in [6.07, 6.45) is 5.52. The Hall–Kier alpha value is -0.850. The molecule has 2 aromatic rings. The van der Waals surface area contributed by atoms with Gasteiger partial charge in [0.2, 0.25) is 0 Å². The Kier molecular flexibility index (Phi) is 5.01. The molecule has 0 aliphatic carbocycles. The van der Waals surface area contributed by atoms with E-state index in [1.165, 1.54) is 0 Å². The van der Waals surface area contributed by atoms with Crippen LogP contribution in [0.3, 0.4) is 0 Å². The zero-order valence-corrected chi connectivity index (χ0v) is 13.2. The van der Waals surface area contributed by atoms with Crippen molar-refractivity contribution in [3.05, 3.63) is 29.0 Å². The smallest absolute Gasteiger partial charge is 0.112 e. The van der Waals surface area contributed by atoms with Gasteiger partial charge in [-0.2, -0.15) is 11.8 Å². The van der Waals surface area contributed by atoms with Gasteiger partial charge in [-0.25, -0.2) is 0 Å². The molecule has 2 aromatic heterocycles. The minimum atomic E-state index is 0.149. The predicted octanol–water partition coefficient (Wildman–Crippen LogP) is 2.92. The Bertz CT molecular complexity index is 563. The van der Waals surface area contributed by atoms with E-state index in [2.05, 4.69) is 38.1 Å². The number of anilines is 1. The summed E-state index contributed by atoms with van der Waals surface area (Å²) in [7, 11) is 0. The third-order valence-electron chi connectivity index (χ3n) is 2.97. The zero-order chi connectivity index (χ0) is 13.8. The van der Waals surface area contributed by atoms with Crippen molar-refractivity contribution in [2.24, 2.45) is 0 Å². The maximum Gasteiger partial charge on any atom is 0.112 e. The number of rotatable bonds is 5. The van der Waals surface area contributed by atoms with Crippen molar-refractivity contribution in [2.75, 3.05) is 18.2 Å². The van der Waals surface area contributed by atoms with E-state index < -0.39 is 0 Å². The SMILES string of the molecule is CSC(CO)C(C)Nc1ccnc2cc(Br)cnc12. The molecule has 0 spiro atoms. The highest BCUT2D eigenvalue weighted by atomic mass is 79.9. The lowest BCUT2D eigenvalue weighted by Gasteiger charge is -2.22. The Morgan fingerprint density at radius 2 is 2.26 bits per heavy atom. The molecule has 0 radical (unpaired) electrons. The van der Waals surface area contributed by atoms with Gasteiger partial charge in [0.05, 0.1) is 17.8 Å². The summed E-state index contributed by atoms with van der Waals surface area (Å²) in [4.78, 5) is 8.71. The molecule has 4 nitrogen and oxygen atoms in total. The van der Waals surface area contributed by atoms with E-state index in [4.69, 9.17) is 0 Å². The van der Waals surface area contributed by atoms with Crippen LogP contribution >= 0.6 is 27.7 Å². The molecule has 0 aromatic carbocycles. The van der Waals surface area contributed by atoms with E-state index in [1.807, 2.05) is 18.4 Å². The Morgan fingerprint density at radius 3 is 2.95 bits per heavy atom. The molecule has 6 heteroatoms. The molecule has 102 valence electrons. The molecule has 0 fully saturated rings. The van der Waals surface area contributed by atoms with Gasteiger partial charge >= 0.3 is 0 Å². The molecule has 0 saturated heterocycles. The lowest BCUT2D eigenvalue weighted by Crippen LogP contribution is -2.31. The number of aliphatic hydroxyl groups excluding tert-OH is 1. The summed E-state index contributed by atoms with van der Waals surface area (Å²) < 4.78 is 0.912. The number of hydrogen-bond acceptors (Lipinski definition) is 5. The monoisotopic (exact) mass is 341 g/mol. The number of aliphatic hydroxyl groups is 1. The fourth-order valence-corrected chi connectivity index (χ4v) is 2.84. The minimum Gasteiger partial charge on any atom is -0.395 e. The molecule has 2 atom stereocenters. The Morgan fingerprint density at radius 1 is 1.47 bits per heavy atom. The second kappa shape index (κ2) is 6.54. The van der Waals surface area contributed by atoms with Crippen LogP contribution in [0.1, 0.15) is 6.92 Å². The van der Waals surface area contributed by atoms with Crippen LogP contribution in [0.4, 0.5) is 5.69 Å². The first kappa shape index (κ1) is 14.6. The van der Waals surface area contributed by atoms with Gasteiger partial charge in [-0.3, -0.25) is 9.97 Å². The summed E-state index contributed by atoms with van der Waals surface area (Å²) in [5, 5.41) is 12.9. The molecule has 2 heterocycles. The molecular formula is C13H16BrN3OS. The topological polar surface area (TPSA) is 58.0 Å². The number of nitrogens with zero attached hydrogens (tertiary/aromatic N) is 2. The van der Waals surface area contributed by atoms with Crippen LogP contribution in [0.15, 0.2) is 29.0 Å². The van der Waals surface area contributed by atoms with Crippen LogP contribution < -0.4 is 5.32 Å². The average molecular weight is 342 g/mol. The van der Waals surface area contributed by atoms with Gasteiger partial charge in [-0.15, -0.1) is 0 Å². The van der Waals surface area contributed by atoms with Crippen LogP contribution in [0, 0.1) is 0 Å². The van der Waals surface area contributed by atoms with E-state index in [1.54, 1.807) is 24.2 Å². The van der Waals surface area contributed by atoms with Crippen molar-refractivity contribution < 1.29 is 5.11 Å². The Labute approximate surface area is 125 Å². The zero-order valence-electron chi connectivity index (χ0n) is 10.8. The standard InChI is InChI=1S/C13H16BrN3OS/c1-8(12(7-18)19-2)17-10-3-4-15-11-5-9(14)6-16-13(10)11/h3-6,8,12,18H,7H2,1-2H3,(H,15,17). The van der Waals surface area contributed by atoms with Crippen LogP contribution in [0.5, 0.6) is 0 Å². The molecule has 0 saturated carbocycles. The van der Waals surface area contributed by atoms with Gasteiger partial charge in [0.1, 0.15) is 5.52 Å². The van der Waals surface area contributed by atoms with Crippen LogP contribution in [0.25, 0.3) is 11.0 Å². The average Bonchev–Trinajstić information content (AvgIpc) is 2.40. The van der Waals surface area contributed by atoms with E-state index in [9.17, 15) is 5.11 Å². The summed E-state index contributed by atoms with van der Waals surface area (Å²) in [5.41, 5.74) is 2.63. The summed E-state index contributed by atoms with van der Waals surface area (Å²) in [6.45, 7) is 2.21. The maximum atomic E-state index is 9.33. The van der Waals surface area contributed by atoms with Crippen molar-refractivity contribution in [1.29, 1.82) is 0 Å². The fourth-order valence-electron chi connectivity index (χ4n) is 1.90. The molecular weight excluding hydrogens is 326 g/mol. The molecule has 0 bridgehead atoms. The first-order valence-corrected chi connectivity index (χ1v) is 8.04. The number of aromatic nitrogens is 2. The first-order valence-electron chi connectivity index (χ1n) is 5.96. The second-order valence-electron chi connectivity index (χ2n) is 4.27. The lowest BCUT2D eigenvalue weighted by molar-refractivity contribution is 0.288. The van der Waals surface area contributed by atoms with Crippen molar-refractivity contribution >= 4 is 44.4 Å². The maximum absolute atomic E-state index is 9.33. The first-order chi connectivity index (χ1) is 9.15. The number of fused-ring (bicyclic) bond motifs is 1. The highest BCUT2D eigenvalue weighted by Crippen LogP contribution is 2.24. The highest BCUT2D eigenvalue weighted by Gasteiger charge is 2.16. The van der Waals surface area contributed by atoms with Crippen LogP contribution in [0.2, 0.25) is 0 Å². The van der Waals surface area contributed by atoms with Crippen molar-refractivity contribution in [3.8, 4) is 0 Å². The molecule has 0 aliphatic heterocycles. The third kappa shape index (κ3) is 3.38. The van der Waals surface area contributed by atoms with Crippen LogP contribution in [-0.2, 0) is 0 Å². The van der Waals surface area contributed by atoms with Gasteiger partial charge in [-0.05, 0) is 41.2 Å². The number of nitrogens with one attached hydrogen (secondary N) is 1. The van der Waals surface area contributed by atoms with Crippen molar-refractivity contribution in [1.82, 2.24) is 9.97 Å². The molecule has 0 aliphatic rings. The largest absolute Gasteiger partial charge is 0.395 e. The van der Waals surface area contributed by atoms with Crippen LogP contribution in [-0.4, -0.2) is 39.2 Å². The molecule has 0 amide bonds. The molecule has 2 rings (SSSR count). The van der Waals surface area contributed by atoms with E-state index >= 15 is 0 Å². The van der Waals surface area contributed by atoms with Gasteiger partial charge in [-0.1, -0.05) is 0 Å². The molecule has 2 unspecified atom stereocenters. The second-order valence-corrected chi connectivity index (χ2v) is 6.26. The van der Waals surface area contributed by atoms with Crippen molar-refractivity contribution in [2.45, 2.75) is 18.2 Å². The minimum absolute atomic E-state index is 0.149. The molecule has 19 heavy (non-hydrogen) atoms. The van der Waals surface area contributed by atoms with E-state index in [0.717, 1.165) is 21.2 Å². The van der Waals surface area contributed by atoms with Gasteiger partial charge in [0.15, 0.2) is 0 Å². The van der Waals surface area contributed by atoms with Crippen molar-refractivity contribution in [3.63, 3.8) is 0 Å². The third-order valence-corrected chi connectivity index (χ3v) is 4.56.